The monoisotopic (exact) mass is 323 g/mol. The lowest BCUT2D eigenvalue weighted by molar-refractivity contribution is -0.128. The van der Waals surface area contributed by atoms with E-state index in [1.54, 1.807) is 11.0 Å². The molecule has 5 heteroatoms. The molecule has 3 rings (SSSR count). The number of hydrogen-bond acceptors (Lipinski definition) is 3. The minimum Gasteiger partial charge on any atom is -0.338 e. The van der Waals surface area contributed by atoms with Crippen molar-refractivity contribution in [3.05, 3.63) is 59.3 Å². The molecule has 1 fully saturated rings. The molecule has 1 aromatic heterocycles. The summed E-state index contributed by atoms with van der Waals surface area (Å²) >= 11 is 0. The summed E-state index contributed by atoms with van der Waals surface area (Å²) in [5, 5.41) is 2.81. The number of likely N-dealkylation sites (tertiary alicyclic amines) is 1. The zero-order chi connectivity index (χ0) is 17.1. The van der Waals surface area contributed by atoms with E-state index in [4.69, 9.17) is 0 Å². The molecule has 0 bridgehead atoms. The van der Waals surface area contributed by atoms with Crippen LogP contribution in [-0.4, -0.2) is 28.2 Å². The SMILES string of the molecule is Cc1ccc(CN2C[C@H](C(=O)Nc3cccc(C)n3)CC2=O)cc1. The number of pyridine rings is 1. The third-order valence-electron chi connectivity index (χ3n) is 4.22. The number of nitrogens with zero attached hydrogens (tertiary/aromatic N) is 2. The number of benzene rings is 1. The van der Waals surface area contributed by atoms with Crippen molar-refractivity contribution in [3.8, 4) is 0 Å². The van der Waals surface area contributed by atoms with E-state index < -0.39 is 0 Å². The minimum absolute atomic E-state index is 0.0212. The van der Waals surface area contributed by atoms with Gasteiger partial charge >= 0.3 is 0 Å². The number of nitrogens with one attached hydrogen (secondary N) is 1. The second-order valence-corrected chi connectivity index (χ2v) is 6.31. The van der Waals surface area contributed by atoms with Crippen LogP contribution >= 0.6 is 0 Å². The standard InChI is InChI=1S/C19H21N3O2/c1-13-6-8-15(9-7-13)11-22-12-16(10-18(22)23)19(24)21-17-5-3-4-14(2)20-17/h3-9,16H,10-12H2,1-2H3,(H,20,21,24)/t16-/m1/s1. The summed E-state index contributed by atoms with van der Waals surface area (Å²) in [6.45, 7) is 4.90. The molecule has 5 nitrogen and oxygen atoms in total. The molecule has 0 saturated carbocycles. The van der Waals surface area contributed by atoms with Crippen LogP contribution in [0.1, 0.15) is 23.2 Å². The normalized spacial score (nSPS) is 17.2. The molecule has 1 atom stereocenters. The third-order valence-corrected chi connectivity index (χ3v) is 4.22. The molecule has 24 heavy (non-hydrogen) atoms. The summed E-state index contributed by atoms with van der Waals surface area (Å²) in [5.74, 6) is 0.0791. The summed E-state index contributed by atoms with van der Waals surface area (Å²) < 4.78 is 0. The van der Waals surface area contributed by atoms with E-state index in [-0.39, 0.29) is 24.2 Å². The predicted octanol–water partition coefficient (Wildman–Crippen LogP) is 2.69. The van der Waals surface area contributed by atoms with E-state index in [2.05, 4.69) is 10.3 Å². The van der Waals surface area contributed by atoms with Crippen molar-refractivity contribution in [2.75, 3.05) is 11.9 Å². The van der Waals surface area contributed by atoms with Crippen molar-refractivity contribution >= 4 is 17.6 Å². The molecule has 1 aliphatic heterocycles. The van der Waals surface area contributed by atoms with Crippen molar-refractivity contribution in [2.24, 2.45) is 5.92 Å². The molecule has 0 radical (unpaired) electrons. The molecular weight excluding hydrogens is 302 g/mol. The van der Waals surface area contributed by atoms with Crippen LogP contribution in [0.3, 0.4) is 0 Å². The van der Waals surface area contributed by atoms with Gasteiger partial charge in [0.25, 0.3) is 0 Å². The molecular formula is C19H21N3O2. The molecule has 1 aliphatic rings. The highest BCUT2D eigenvalue weighted by molar-refractivity contribution is 5.96. The highest BCUT2D eigenvalue weighted by Crippen LogP contribution is 2.22. The lowest BCUT2D eigenvalue weighted by Crippen LogP contribution is -2.28. The van der Waals surface area contributed by atoms with Crippen molar-refractivity contribution in [3.63, 3.8) is 0 Å². The van der Waals surface area contributed by atoms with Crippen molar-refractivity contribution < 1.29 is 9.59 Å². The highest BCUT2D eigenvalue weighted by Gasteiger charge is 2.34. The smallest absolute Gasteiger partial charge is 0.230 e. The van der Waals surface area contributed by atoms with Gasteiger partial charge < -0.3 is 10.2 Å². The molecule has 1 aromatic carbocycles. The van der Waals surface area contributed by atoms with Gasteiger partial charge in [0.05, 0.1) is 5.92 Å². The molecule has 2 aromatic rings. The Labute approximate surface area is 141 Å². The second kappa shape index (κ2) is 6.83. The van der Waals surface area contributed by atoms with Crippen LogP contribution in [0.15, 0.2) is 42.5 Å². The number of rotatable bonds is 4. The summed E-state index contributed by atoms with van der Waals surface area (Å²) in [6.07, 6.45) is 0.253. The number of aryl methyl sites for hydroxylation is 2. The average molecular weight is 323 g/mol. The van der Waals surface area contributed by atoms with Gasteiger partial charge in [-0.15, -0.1) is 0 Å². The van der Waals surface area contributed by atoms with E-state index in [1.807, 2.05) is 50.2 Å². The maximum Gasteiger partial charge on any atom is 0.230 e. The van der Waals surface area contributed by atoms with E-state index in [9.17, 15) is 9.59 Å². The van der Waals surface area contributed by atoms with Crippen LogP contribution < -0.4 is 5.32 Å². The largest absolute Gasteiger partial charge is 0.338 e. The highest BCUT2D eigenvalue weighted by atomic mass is 16.2. The topological polar surface area (TPSA) is 62.3 Å². The average Bonchev–Trinajstić information content (AvgIpc) is 2.91. The fraction of sp³-hybridized carbons (Fsp3) is 0.316. The number of aromatic nitrogens is 1. The van der Waals surface area contributed by atoms with Gasteiger partial charge in [-0.25, -0.2) is 4.98 Å². The molecule has 0 aliphatic carbocycles. The van der Waals surface area contributed by atoms with Gasteiger partial charge in [-0.1, -0.05) is 35.9 Å². The van der Waals surface area contributed by atoms with Crippen molar-refractivity contribution in [1.29, 1.82) is 0 Å². The van der Waals surface area contributed by atoms with Crippen molar-refractivity contribution in [2.45, 2.75) is 26.8 Å². The van der Waals surface area contributed by atoms with Gasteiger partial charge in [0.2, 0.25) is 11.8 Å². The zero-order valence-corrected chi connectivity index (χ0v) is 14.0. The third kappa shape index (κ3) is 3.79. The van der Waals surface area contributed by atoms with Gasteiger partial charge in [-0.3, -0.25) is 9.59 Å². The van der Waals surface area contributed by atoms with Gasteiger partial charge in [-0.05, 0) is 31.5 Å². The summed E-state index contributed by atoms with van der Waals surface area (Å²) in [7, 11) is 0. The van der Waals surface area contributed by atoms with E-state index in [0.29, 0.717) is 18.9 Å². The predicted molar refractivity (Wildman–Crippen MR) is 92.3 cm³/mol. The Morgan fingerprint density at radius 2 is 1.96 bits per heavy atom. The first-order valence-corrected chi connectivity index (χ1v) is 8.09. The van der Waals surface area contributed by atoms with Gasteiger partial charge in [0.1, 0.15) is 5.82 Å². The summed E-state index contributed by atoms with van der Waals surface area (Å²) in [6, 6.07) is 13.6. The van der Waals surface area contributed by atoms with E-state index in [0.717, 1.165) is 11.3 Å². The zero-order valence-electron chi connectivity index (χ0n) is 14.0. The Kier molecular flexibility index (Phi) is 4.60. The Morgan fingerprint density at radius 1 is 1.21 bits per heavy atom. The lowest BCUT2D eigenvalue weighted by Gasteiger charge is -2.16. The number of carbonyl (C=O) groups excluding carboxylic acids is 2. The van der Waals surface area contributed by atoms with Gasteiger partial charge in [0, 0.05) is 25.2 Å². The molecule has 2 amide bonds. The molecule has 1 N–H and O–H groups in total. The maximum absolute atomic E-state index is 12.4. The Bertz CT molecular complexity index is 755. The molecule has 1 saturated heterocycles. The summed E-state index contributed by atoms with van der Waals surface area (Å²) in [4.78, 5) is 30.6. The summed E-state index contributed by atoms with van der Waals surface area (Å²) in [5.41, 5.74) is 3.11. The second-order valence-electron chi connectivity index (χ2n) is 6.31. The number of amides is 2. The first-order valence-electron chi connectivity index (χ1n) is 8.09. The van der Waals surface area contributed by atoms with Crippen LogP contribution in [0.2, 0.25) is 0 Å². The quantitative estimate of drug-likeness (QED) is 0.941. The number of hydrogen-bond donors (Lipinski definition) is 1. The molecule has 2 heterocycles. The van der Waals surface area contributed by atoms with E-state index >= 15 is 0 Å². The fourth-order valence-corrected chi connectivity index (χ4v) is 2.86. The molecule has 0 unspecified atom stereocenters. The van der Waals surface area contributed by atoms with Crippen LogP contribution in [-0.2, 0) is 16.1 Å². The van der Waals surface area contributed by atoms with Gasteiger partial charge in [-0.2, -0.15) is 0 Å². The maximum atomic E-state index is 12.4. The molecule has 0 spiro atoms. The Hall–Kier alpha value is -2.69. The van der Waals surface area contributed by atoms with E-state index in [1.165, 1.54) is 5.56 Å². The first-order chi connectivity index (χ1) is 11.5. The first kappa shape index (κ1) is 16.2. The van der Waals surface area contributed by atoms with Crippen LogP contribution in [0.5, 0.6) is 0 Å². The Morgan fingerprint density at radius 3 is 2.67 bits per heavy atom. The van der Waals surface area contributed by atoms with Crippen molar-refractivity contribution in [1.82, 2.24) is 9.88 Å². The van der Waals surface area contributed by atoms with Crippen LogP contribution in [0.25, 0.3) is 0 Å². The van der Waals surface area contributed by atoms with Crippen LogP contribution in [0, 0.1) is 19.8 Å². The van der Waals surface area contributed by atoms with Crippen LogP contribution in [0.4, 0.5) is 5.82 Å². The lowest BCUT2D eigenvalue weighted by atomic mass is 10.1. The fourth-order valence-electron chi connectivity index (χ4n) is 2.86. The number of anilines is 1. The number of carbonyl (C=O) groups is 2. The molecule has 124 valence electrons. The van der Waals surface area contributed by atoms with Gasteiger partial charge in [0.15, 0.2) is 0 Å². The minimum atomic E-state index is -0.328. The Balaban J connectivity index is 1.61.